The van der Waals surface area contributed by atoms with Gasteiger partial charge in [0, 0.05) is 16.0 Å². The monoisotopic (exact) mass is 410 g/mol. The first kappa shape index (κ1) is 16.7. The molecule has 1 N–H and O–H groups in total. The number of thiazole rings is 1. The van der Waals surface area contributed by atoms with E-state index in [1.807, 2.05) is 0 Å². The fraction of sp³-hybridized carbons (Fsp3) is 0.125. The van der Waals surface area contributed by atoms with Crippen molar-refractivity contribution in [3.63, 3.8) is 0 Å². The lowest BCUT2D eigenvalue weighted by atomic mass is 10.3. The van der Waals surface area contributed by atoms with Crippen LogP contribution in [0.2, 0.25) is 0 Å². The molecule has 3 aromatic rings. The Kier molecular flexibility index (Phi) is 5.27. The van der Waals surface area contributed by atoms with Gasteiger partial charge < -0.3 is 14.5 Å². The van der Waals surface area contributed by atoms with Crippen LogP contribution in [0.25, 0.3) is 0 Å². The van der Waals surface area contributed by atoms with E-state index in [0.717, 1.165) is 9.48 Å². The van der Waals surface area contributed by atoms with Gasteiger partial charge in [0.15, 0.2) is 0 Å². The molecule has 0 radical (unpaired) electrons. The number of carbonyl (C=O) groups is 1. The molecule has 3 rings (SSSR count). The lowest BCUT2D eigenvalue weighted by molar-refractivity contribution is 0.0462. The van der Waals surface area contributed by atoms with Crippen LogP contribution in [0.15, 0.2) is 46.4 Å². The number of aromatic nitrogens is 2. The summed E-state index contributed by atoms with van der Waals surface area (Å²) in [6.07, 6.45) is 1.66. The number of hydrogen-bond donors (Lipinski definition) is 1. The molecule has 2 heterocycles. The van der Waals surface area contributed by atoms with Crippen molar-refractivity contribution in [3.8, 4) is 5.75 Å². The van der Waals surface area contributed by atoms with Crippen LogP contribution in [0.5, 0.6) is 5.75 Å². The summed E-state index contributed by atoms with van der Waals surface area (Å²) >= 11 is 4.66. The highest BCUT2D eigenvalue weighted by atomic mass is 79.9. The zero-order valence-electron chi connectivity index (χ0n) is 12.3. The second-order valence-electron chi connectivity index (χ2n) is 4.78. The molecule has 0 spiro atoms. The van der Waals surface area contributed by atoms with E-state index >= 15 is 0 Å². The summed E-state index contributed by atoms with van der Waals surface area (Å²) in [4.78, 5) is 19.0. The number of nitrogens with one attached hydrogen (secondary N) is 1. The SMILES string of the molecule is O=C(OCc1csc(COc2ccc(F)cc2)n1)c1cc(Br)c[nH]1. The van der Waals surface area contributed by atoms with Gasteiger partial charge >= 0.3 is 5.97 Å². The van der Waals surface area contributed by atoms with Crippen LogP contribution in [-0.2, 0) is 18.0 Å². The van der Waals surface area contributed by atoms with Crippen molar-refractivity contribution < 1.29 is 18.7 Å². The zero-order valence-corrected chi connectivity index (χ0v) is 14.7. The molecule has 0 atom stereocenters. The van der Waals surface area contributed by atoms with Gasteiger partial charge in [0.2, 0.25) is 0 Å². The van der Waals surface area contributed by atoms with Gasteiger partial charge in [0.1, 0.15) is 35.5 Å². The number of esters is 1. The molecule has 0 amide bonds. The fourth-order valence-electron chi connectivity index (χ4n) is 1.86. The van der Waals surface area contributed by atoms with Gasteiger partial charge in [-0.1, -0.05) is 0 Å². The van der Waals surface area contributed by atoms with Gasteiger partial charge in [0.05, 0.1) is 5.69 Å². The van der Waals surface area contributed by atoms with Crippen LogP contribution in [0.1, 0.15) is 21.2 Å². The van der Waals surface area contributed by atoms with Gasteiger partial charge in [-0.05, 0) is 46.3 Å². The largest absolute Gasteiger partial charge is 0.486 e. The lowest BCUT2D eigenvalue weighted by Gasteiger charge is -2.03. The Balaban J connectivity index is 1.50. The summed E-state index contributed by atoms with van der Waals surface area (Å²) in [5.41, 5.74) is 1.02. The molecule has 2 aromatic heterocycles. The van der Waals surface area contributed by atoms with Crippen molar-refractivity contribution >= 4 is 33.2 Å². The molecule has 8 heteroatoms. The number of aromatic amines is 1. The minimum Gasteiger partial charge on any atom is -0.486 e. The predicted molar refractivity (Wildman–Crippen MR) is 90.5 cm³/mol. The highest BCUT2D eigenvalue weighted by Crippen LogP contribution is 2.17. The molecule has 0 fully saturated rings. The molecule has 0 bridgehead atoms. The minimum atomic E-state index is -0.446. The standard InChI is InChI=1S/C16H12BrFN2O3S/c17-10-5-14(19-6-10)16(21)23-7-12-9-24-15(20-12)8-22-13-3-1-11(18)2-4-13/h1-6,9,19H,7-8H2. The quantitative estimate of drug-likeness (QED) is 0.614. The maximum atomic E-state index is 12.8. The summed E-state index contributed by atoms with van der Waals surface area (Å²) < 4.78 is 24.3. The van der Waals surface area contributed by atoms with Crippen molar-refractivity contribution in [1.29, 1.82) is 0 Å². The average molecular weight is 411 g/mol. The first-order valence-electron chi connectivity index (χ1n) is 6.93. The molecule has 0 aliphatic rings. The number of carbonyl (C=O) groups excluding carboxylic acids is 1. The Bertz CT molecular complexity index is 832. The van der Waals surface area contributed by atoms with E-state index < -0.39 is 5.97 Å². The summed E-state index contributed by atoms with van der Waals surface area (Å²) in [6, 6.07) is 7.42. The smallest absolute Gasteiger partial charge is 0.355 e. The first-order valence-corrected chi connectivity index (χ1v) is 8.60. The number of ether oxygens (including phenoxy) is 2. The predicted octanol–water partition coefficient (Wildman–Crippen LogP) is 4.31. The van der Waals surface area contributed by atoms with Gasteiger partial charge in [-0.3, -0.25) is 0 Å². The van der Waals surface area contributed by atoms with Gasteiger partial charge in [0.25, 0.3) is 0 Å². The highest BCUT2D eigenvalue weighted by molar-refractivity contribution is 9.10. The Labute approximate surface area is 149 Å². The molecule has 5 nitrogen and oxygen atoms in total. The number of rotatable bonds is 6. The van der Waals surface area contributed by atoms with Crippen LogP contribution < -0.4 is 4.74 Å². The number of halogens is 2. The van der Waals surface area contributed by atoms with Crippen LogP contribution in [0, 0.1) is 5.82 Å². The molecule has 0 unspecified atom stereocenters. The molecular weight excluding hydrogens is 399 g/mol. The number of hydrogen-bond acceptors (Lipinski definition) is 5. The second kappa shape index (κ2) is 7.59. The third kappa shape index (κ3) is 4.42. The van der Waals surface area contributed by atoms with Crippen molar-refractivity contribution in [2.24, 2.45) is 0 Å². The average Bonchev–Trinajstić information content (AvgIpc) is 3.21. The summed E-state index contributed by atoms with van der Waals surface area (Å²) in [5, 5.41) is 2.55. The van der Waals surface area contributed by atoms with Gasteiger partial charge in [-0.2, -0.15) is 0 Å². The van der Waals surface area contributed by atoms with Crippen molar-refractivity contribution in [3.05, 3.63) is 68.6 Å². The molecule has 0 saturated heterocycles. The molecule has 0 saturated carbocycles. The van der Waals surface area contributed by atoms with Gasteiger partial charge in [-0.15, -0.1) is 11.3 Å². The minimum absolute atomic E-state index is 0.0858. The van der Waals surface area contributed by atoms with E-state index in [1.54, 1.807) is 29.8 Å². The van der Waals surface area contributed by atoms with Crippen LogP contribution in [0.4, 0.5) is 4.39 Å². The van der Waals surface area contributed by atoms with E-state index in [1.165, 1.54) is 23.5 Å². The third-order valence-electron chi connectivity index (χ3n) is 2.99. The Morgan fingerprint density at radius 2 is 2.08 bits per heavy atom. The van der Waals surface area contributed by atoms with Crippen molar-refractivity contribution in [1.82, 2.24) is 9.97 Å². The topological polar surface area (TPSA) is 64.2 Å². The van der Waals surface area contributed by atoms with E-state index in [9.17, 15) is 9.18 Å². The summed E-state index contributed by atoms with van der Waals surface area (Å²) in [5.74, 6) is -0.190. The maximum absolute atomic E-state index is 12.8. The molecule has 1 aromatic carbocycles. The van der Waals surface area contributed by atoms with Crippen LogP contribution in [0.3, 0.4) is 0 Å². The first-order chi connectivity index (χ1) is 11.6. The number of H-pyrrole nitrogens is 1. The summed E-state index contributed by atoms with van der Waals surface area (Å²) in [7, 11) is 0. The molecule has 0 aliphatic carbocycles. The summed E-state index contributed by atoms with van der Waals surface area (Å²) in [6.45, 7) is 0.357. The van der Waals surface area contributed by atoms with E-state index in [2.05, 4.69) is 25.9 Å². The second-order valence-corrected chi connectivity index (χ2v) is 6.64. The highest BCUT2D eigenvalue weighted by Gasteiger charge is 2.11. The van der Waals surface area contributed by atoms with Crippen molar-refractivity contribution in [2.75, 3.05) is 0 Å². The lowest BCUT2D eigenvalue weighted by Crippen LogP contribution is -2.05. The number of benzene rings is 1. The van der Waals surface area contributed by atoms with Gasteiger partial charge in [-0.25, -0.2) is 14.2 Å². The van der Waals surface area contributed by atoms with Crippen molar-refractivity contribution in [2.45, 2.75) is 13.2 Å². The Morgan fingerprint density at radius 3 is 2.79 bits per heavy atom. The number of nitrogens with zero attached hydrogens (tertiary/aromatic N) is 1. The van der Waals surface area contributed by atoms with E-state index in [4.69, 9.17) is 9.47 Å². The van der Waals surface area contributed by atoms with E-state index in [0.29, 0.717) is 17.1 Å². The Morgan fingerprint density at radius 1 is 1.29 bits per heavy atom. The fourth-order valence-corrected chi connectivity index (χ4v) is 2.89. The third-order valence-corrected chi connectivity index (χ3v) is 4.32. The molecule has 0 aliphatic heterocycles. The van der Waals surface area contributed by atoms with E-state index in [-0.39, 0.29) is 19.0 Å². The molecule has 124 valence electrons. The normalized spacial score (nSPS) is 10.6. The maximum Gasteiger partial charge on any atom is 0.355 e. The van der Waals surface area contributed by atoms with Crippen LogP contribution >= 0.6 is 27.3 Å². The Hall–Kier alpha value is -2.19. The van der Waals surface area contributed by atoms with Crippen LogP contribution in [-0.4, -0.2) is 15.9 Å². The molecular formula is C16H12BrFN2O3S. The zero-order chi connectivity index (χ0) is 16.9. The molecule has 24 heavy (non-hydrogen) atoms.